The van der Waals surface area contributed by atoms with Crippen LogP contribution in [0.25, 0.3) is 0 Å². The van der Waals surface area contributed by atoms with Crippen molar-refractivity contribution in [3.8, 4) is 0 Å². The Bertz CT molecular complexity index is 709. The van der Waals surface area contributed by atoms with Crippen LogP contribution in [-0.4, -0.2) is 47.0 Å². The predicted octanol–water partition coefficient (Wildman–Crippen LogP) is 3.25. The molecule has 7 heteroatoms. The van der Waals surface area contributed by atoms with Gasteiger partial charge in [-0.1, -0.05) is 34.4 Å². The first-order valence-electron chi connectivity index (χ1n) is 7.42. The SMILES string of the molecule is Cc1cc(C(=O)N2CCN(Cc3ccc(Cl)c(Cl)c3)CC2)on1. The number of hydrogen-bond acceptors (Lipinski definition) is 4. The summed E-state index contributed by atoms with van der Waals surface area (Å²) in [5, 5.41) is 4.89. The summed E-state index contributed by atoms with van der Waals surface area (Å²) in [6.07, 6.45) is 0. The zero-order chi connectivity index (χ0) is 16.4. The van der Waals surface area contributed by atoms with Crippen molar-refractivity contribution in [1.82, 2.24) is 15.0 Å². The third-order valence-electron chi connectivity index (χ3n) is 3.89. The van der Waals surface area contributed by atoms with Crippen molar-refractivity contribution >= 4 is 29.1 Å². The molecule has 0 radical (unpaired) electrons. The number of carbonyl (C=O) groups excluding carboxylic acids is 1. The standard InChI is InChI=1S/C16H17Cl2N3O2/c1-11-8-15(23-19-11)16(22)21-6-4-20(5-7-21)10-12-2-3-13(17)14(18)9-12/h2-3,8-9H,4-7,10H2,1H3. The van der Waals surface area contributed by atoms with E-state index in [1.54, 1.807) is 17.9 Å². The van der Waals surface area contributed by atoms with Crippen molar-refractivity contribution in [2.24, 2.45) is 0 Å². The number of carbonyl (C=O) groups is 1. The van der Waals surface area contributed by atoms with Gasteiger partial charge >= 0.3 is 0 Å². The van der Waals surface area contributed by atoms with Crippen molar-refractivity contribution in [3.05, 3.63) is 51.3 Å². The number of benzene rings is 1. The van der Waals surface area contributed by atoms with E-state index in [0.29, 0.717) is 34.6 Å². The van der Waals surface area contributed by atoms with E-state index in [2.05, 4.69) is 10.1 Å². The highest BCUT2D eigenvalue weighted by Crippen LogP contribution is 2.23. The highest BCUT2D eigenvalue weighted by molar-refractivity contribution is 6.42. The first-order valence-corrected chi connectivity index (χ1v) is 8.17. The molecule has 1 fully saturated rings. The third kappa shape index (κ3) is 3.86. The van der Waals surface area contributed by atoms with Gasteiger partial charge in [0.05, 0.1) is 15.7 Å². The van der Waals surface area contributed by atoms with Crippen LogP contribution in [0.3, 0.4) is 0 Å². The fourth-order valence-electron chi connectivity index (χ4n) is 2.63. The first kappa shape index (κ1) is 16.3. The van der Waals surface area contributed by atoms with Crippen LogP contribution < -0.4 is 0 Å². The van der Waals surface area contributed by atoms with Gasteiger partial charge in [0.2, 0.25) is 5.76 Å². The second-order valence-corrected chi connectivity index (χ2v) is 6.46. The minimum absolute atomic E-state index is 0.0974. The summed E-state index contributed by atoms with van der Waals surface area (Å²) in [6.45, 7) is 5.54. The van der Waals surface area contributed by atoms with E-state index in [1.807, 2.05) is 18.2 Å². The average Bonchev–Trinajstić information content (AvgIpc) is 2.97. The summed E-state index contributed by atoms with van der Waals surface area (Å²) in [7, 11) is 0. The van der Waals surface area contributed by atoms with Crippen LogP contribution in [0.1, 0.15) is 21.8 Å². The molecule has 1 aliphatic heterocycles. The Kier molecular flexibility index (Phi) is 4.90. The Morgan fingerprint density at radius 3 is 2.52 bits per heavy atom. The molecule has 0 atom stereocenters. The summed E-state index contributed by atoms with van der Waals surface area (Å²) in [6, 6.07) is 7.34. The first-order chi connectivity index (χ1) is 11.0. The molecule has 0 spiro atoms. The lowest BCUT2D eigenvalue weighted by Crippen LogP contribution is -2.48. The largest absolute Gasteiger partial charge is 0.351 e. The molecule has 0 unspecified atom stereocenters. The molecule has 3 rings (SSSR count). The monoisotopic (exact) mass is 353 g/mol. The molecule has 2 heterocycles. The van der Waals surface area contributed by atoms with E-state index in [9.17, 15) is 4.79 Å². The highest BCUT2D eigenvalue weighted by atomic mass is 35.5. The number of rotatable bonds is 3. The van der Waals surface area contributed by atoms with Crippen LogP contribution in [0.15, 0.2) is 28.8 Å². The number of halogens is 2. The van der Waals surface area contributed by atoms with Gasteiger partial charge in [-0.3, -0.25) is 9.69 Å². The van der Waals surface area contributed by atoms with Crippen LogP contribution in [0, 0.1) is 6.92 Å². The Labute approximate surface area is 144 Å². The average molecular weight is 354 g/mol. The molecule has 2 aromatic rings. The quantitative estimate of drug-likeness (QED) is 0.849. The topological polar surface area (TPSA) is 49.6 Å². The van der Waals surface area contributed by atoms with Gasteiger partial charge in [0, 0.05) is 38.8 Å². The van der Waals surface area contributed by atoms with Gasteiger partial charge < -0.3 is 9.42 Å². The number of piperazine rings is 1. The molecule has 1 saturated heterocycles. The normalized spacial score (nSPS) is 15.9. The van der Waals surface area contributed by atoms with Gasteiger partial charge in [-0.2, -0.15) is 0 Å². The van der Waals surface area contributed by atoms with E-state index in [1.165, 1.54) is 0 Å². The summed E-state index contributed by atoms with van der Waals surface area (Å²) in [4.78, 5) is 16.4. The summed E-state index contributed by atoms with van der Waals surface area (Å²) >= 11 is 12.0. The molecule has 1 aromatic heterocycles. The van der Waals surface area contributed by atoms with Gasteiger partial charge in [-0.05, 0) is 24.6 Å². The third-order valence-corrected chi connectivity index (χ3v) is 4.63. The van der Waals surface area contributed by atoms with Crippen LogP contribution in [0.5, 0.6) is 0 Å². The van der Waals surface area contributed by atoms with Crippen LogP contribution in [-0.2, 0) is 6.54 Å². The van der Waals surface area contributed by atoms with E-state index in [4.69, 9.17) is 27.7 Å². The van der Waals surface area contributed by atoms with E-state index >= 15 is 0 Å². The minimum atomic E-state index is -0.0974. The lowest BCUT2D eigenvalue weighted by atomic mass is 10.2. The zero-order valence-electron chi connectivity index (χ0n) is 12.8. The van der Waals surface area contributed by atoms with Gasteiger partial charge in [-0.25, -0.2) is 0 Å². The maximum Gasteiger partial charge on any atom is 0.292 e. The second-order valence-electron chi connectivity index (χ2n) is 5.65. The molecule has 0 aliphatic carbocycles. The Balaban J connectivity index is 1.56. The molecule has 0 saturated carbocycles. The number of amides is 1. The molecule has 0 N–H and O–H groups in total. The van der Waals surface area contributed by atoms with E-state index in [0.717, 1.165) is 25.2 Å². The molecular weight excluding hydrogens is 337 g/mol. The maximum absolute atomic E-state index is 12.3. The lowest BCUT2D eigenvalue weighted by molar-refractivity contribution is 0.0588. The van der Waals surface area contributed by atoms with Crippen molar-refractivity contribution in [2.75, 3.05) is 26.2 Å². The molecule has 0 bridgehead atoms. The lowest BCUT2D eigenvalue weighted by Gasteiger charge is -2.34. The number of hydrogen-bond donors (Lipinski definition) is 0. The Hall–Kier alpha value is -1.56. The van der Waals surface area contributed by atoms with Crippen LogP contribution in [0.2, 0.25) is 10.0 Å². The maximum atomic E-state index is 12.3. The van der Waals surface area contributed by atoms with Crippen molar-refractivity contribution < 1.29 is 9.32 Å². The Morgan fingerprint density at radius 1 is 1.17 bits per heavy atom. The van der Waals surface area contributed by atoms with Gasteiger partial charge in [0.15, 0.2) is 0 Å². The van der Waals surface area contributed by atoms with Crippen molar-refractivity contribution in [1.29, 1.82) is 0 Å². The smallest absolute Gasteiger partial charge is 0.292 e. The minimum Gasteiger partial charge on any atom is -0.351 e. The Morgan fingerprint density at radius 2 is 1.91 bits per heavy atom. The summed E-state index contributed by atoms with van der Waals surface area (Å²) in [5.41, 5.74) is 1.83. The van der Waals surface area contributed by atoms with Crippen LogP contribution >= 0.6 is 23.2 Å². The van der Waals surface area contributed by atoms with Crippen molar-refractivity contribution in [2.45, 2.75) is 13.5 Å². The van der Waals surface area contributed by atoms with Gasteiger partial charge in [0.1, 0.15) is 0 Å². The van der Waals surface area contributed by atoms with E-state index < -0.39 is 0 Å². The highest BCUT2D eigenvalue weighted by Gasteiger charge is 2.24. The van der Waals surface area contributed by atoms with Crippen LogP contribution in [0.4, 0.5) is 0 Å². The molecule has 1 aromatic carbocycles. The molecule has 1 amide bonds. The van der Waals surface area contributed by atoms with Gasteiger partial charge in [-0.15, -0.1) is 0 Å². The second kappa shape index (κ2) is 6.91. The number of aromatic nitrogens is 1. The molecule has 1 aliphatic rings. The summed E-state index contributed by atoms with van der Waals surface area (Å²) in [5.74, 6) is 0.209. The van der Waals surface area contributed by atoms with E-state index in [-0.39, 0.29) is 5.91 Å². The summed E-state index contributed by atoms with van der Waals surface area (Å²) < 4.78 is 5.04. The molecule has 122 valence electrons. The molecule has 5 nitrogen and oxygen atoms in total. The molecule has 23 heavy (non-hydrogen) atoms. The zero-order valence-corrected chi connectivity index (χ0v) is 14.3. The molecular formula is C16H17Cl2N3O2. The fraction of sp³-hybridized carbons (Fsp3) is 0.375. The number of aryl methyl sites for hydroxylation is 1. The predicted molar refractivity (Wildman–Crippen MR) is 88.9 cm³/mol. The van der Waals surface area contributed by atoms with Gasteiger partial charge in [0.25, 0.3) is 5.91 Å². The van der Waals surface area contributed by atoms with Crippen molar-refractivity contribution in [3.63, 3.8) is 0 Å². The fourth-order valence-corrected chi connectivity index (χ4v) is 2.95. The number of nitrogens with zero attached hydrogens (tertiary/aromatic N) is 3.